The maximum Gasteiger partial charge on any atom is 0.436 e. The Hall–Kier alpha value is -1.50. The molecule has 1 aromatic rings. The molecule has 1 heterocycles. The Morgan fingerprint density at radius 2 is 2.17 bits per heavy atom. The molecule has 126 valence electrons. The van der Waals surface area contributed by atoms with Gasteiger partial charge in [0, 0.05) is 13.1 Å². The molecule has 1 fully saturated rings. The summed E-state index contributed by atoms with van der Waals surface area (Å²) in [6.07, 6.45) is 3.17. The van der Waals surface area contributed by atoms with Gasteiger partial charge in [0.05, 0.1) is 0 Å². The fourth-order valence-corrected chi connectivity index (χ4v) is 3.70. The molecule has 0 radical (unpaired) electrons. The summed E-state index contributed by atoms with van der Waals surface area (Å²) < 4.78 is 40.0. The van der Waals surface area contributed by atoms with Gasteiger partial charge in [-0.3, -0.25) is 9.48 Å². The zero-order valence-corrected chi connectivity index (χ0v) is 13.3. The van der Waals surface area contributed by atoms with E-state index in [4.69, 9.17) is 11.6 Å². The summed E-state index contributed by atoms with van der Waals surface area (Å²) in [5.74, 6) is -0.0139. The summed E-state index contributed by atoms with van der Waals surface area (Å²) in [4.78, 5) is 12.4. The monoisotopic (exact) mass is 347 g/mol. The summed E-state index contributed by atoms with van der Waals surface area (Å²) in [7, 11) is 1.28. The number of amides is 1. The van der Waals surface area contributed by atoms with E-state index in [1.165, 1.54) is 7.05 Å². The van der Waals surface area contributed by atoms with Gasteiger partial charge in [-0.05, 0) is 37.5 Å². The maximum atomic E-state index is 13.1. The van der Waals surface area contributed by atoms with Crippen LogP contribution < -0.4 is 5.32 Å². The van der Waals surface area contributed by atoms with Gasteiger partial charge in [-0.15, -0.1) is 0 Å². The van der Waals surface area contributed by atoms with E-state index in [2.05, 4.69) is 22.6 Å². The van der Waals surface area contributed by atoms with Gasteiger partial charge in [0.1, 0.15) is 10.7 Å². The second-order valence-electron chi connectivity index (χ2n) is 6.22. The Morgan fingerprint density at radius 1 is 1.43 bits per heavy atom. The maximum absolute atomic E-state index is 13.1. The van der Waals surface area contributed by atoms with E-state index in [0.29, 0.717) is 5.92 Å². The molecule has 8 heteroatoms. The minimum atomic E-state index is -4.72. The fourth-order valence-electron chi connectivity index (χ4n) is 3.49. The Balaban J connectivity index is 1.84. The molecule has 3 unspecified atom stereocenters. The molecule has 0 aliphatic heterocycles. The summed E-state index contributed by atoms with van der Waals surface area (Å²) in [6, 6.07) is -0.160. The Bertz CT molecular complexity index is 653. The van der Waals surface area contributed by atoms with E-state index in [-0.39, 0.29) is 17.1 Å². The van der Waals surface area contributed by atoms with Gasteiger partial charge in [0.2, 0.25) is 0 Å². The van der Waals surface area contributed by atoms with E-state index >= 15 is 0 Å². The van der Waals surface area contributed by atoms with Crippen LogP contribution in [0.25, 0.3) is 0 Å². The third-order valence-electron chi connectivity index (χ3n) is 4.65. The lowest BCUT2D eigenvalue weighted by Crippen LogP contribution is -2.44. The van der Waals surface area contributed by atoms with Crippen molar-refractivity contribution in [2.24, 2.45) is 18.9 Å². The number of nitrogens with one attached hydrogen (secondary N) is 1. The summed E-state index contributed by atoms with van der Waals surface area (Å²) >= 11 is 5.86. The standard InChI is InChI=1S/C15H17ClF3N3O/c1-22-13(16)11(12(21-22)15(17,18)19)14(23)20-10-6-5-8-3-2-4-9(10)7-8/h2,4,8-10H,3,5-7H2,1H3,(H,20,23). The first-order chi connectivity index (χ1) is 10.8. The minimum absolute atomic E-state index is 0.160. The molecule has 23 heavy (non-hydrogen) atoms. The van der Waals surface area contributed by atoms with E-state index in [9.17, 15) is 18.0 Å². The number of aryl methyl sites for hydroxylation is 1. The number of allylic oxidation sites excluding steroid dienone is 1. The van der Waals surface area contributed by atoms with Crippen molar-refractivity contribution in [3.63, 3.8) is 0 Å². The second kappa shape index (κ2) is 5.85. The van der Waals surface area contributed by atoms with Gasteiger partial charge in [-0.1, -0.05) is 23.8 Å². The van der Waals surface area contributed by atoms with E-state index in [1.54, 1.807) is 0 Å². The average Bonchev–Trinajstić information content (AvgIpc) is 2.79. The molecule has 2 bridgehead atoms. The molecule has 0 spiro atoms. The summed E-state index contributed by atoms with van der Waals surface area (Å²) in [5.41, 5.74) is -1.83. The fraction of sp³-hybridized carbons (Fsp3) is 0.600. The van der Waals surface area contributed by atoms with Crippen molar-refractivity contribution in [3.8, 4) is 0 Å². The van der Waals surface area contributed by atoms with Crippen LogP contribution in [-0.2, 0) is 13.2 Å². The molecule has 2 aliphatic rings. The van der Waals surface area contributed by atoms with Crippen LogP contribution in [0.1, 0.15) is 41.7 Å². The number of fused-ring (bicyclic) bond motifs is 2. The van der Waals surface area contributed by atoms with Crippen LogP contribution in [0.5, 0.6) is 0 Å². The van der Waals surface area contributed by atoms with Crippen molar-refractivity contribution < 1.29 is 18.0 Å². The number of hydrogen-bond donors (Lipinski definition) is 1. The van der Waals surface area contributed by atoms with Gasteiger partial charge in [-0.2, -0.15) is 18.3 Å². The van der Waals surface area contributed by atoms with Crippen molar-refractivity contribution in [3.05, 3.63) is 28.6 Å². The number of aromatic nitrogens is 2. The van der Waals surface area contributed by atoms with Gasteiger partial charge in [0.15, 0.2) is 5.69 Å². The molecule has 4 nitrogen and oxygen atoms in total. The first-order valence-electron chi connectivity index (χ1n) is 7.54. The number of nitrogens with zero attached hydrogens (tertiary/aromatic N) is 2. The van der Waals surface area contributed by atoms with E-state index < -0.39 is 23.3 Å². The molecule has 1 aromatic heterocycles. The number of hydrogen-bond acceptors (Lipinski definition) is 2. The number of rotatable bonds is 2. The molecule has 1 amide bonds. The smallest absolute Gasteiger partial charge is 0.349 e. The minimum Gasteiger partial charge on any atom is -0.349 e. The average molecular weight is 348 g/mol. The first-order valence-corrected chi connectivity index (χ1v) is 7.92. The van der Waals surface area contributed by atoms with Gasteiger partial charge < -0.3 is 5.32 Å². The zero-order valence-electron chi connectivity index (χ0n) is 12.5. The molecule has 1 N–H and O–H groups in total. The van der Waals surface area contributed by atoms with Crippen LogP contribution >= 0.6 is 11.6 Å². The zero-order chi connectivity index (χ0) is 16.8. The molecule has 3 atom stereocenters. The van der Waals surface area contributed by atoms with Crippen LogP contribution in [0.4, 0.5) is 13.2 Å². The Morgan fingerprint density at radius 3 is 2.87 bits per heavy atom. The second-order valence-corrected chi connectivity index (χ2v) is 6.58. The highest BCUT2D eigenvalue weighted by molar-refractivity contribution is 6.33. The third kappa shape index (κ3) is 3.11. The SMILES string of the molecule is Cn1nc(C(F)(F)F)c(C(=O)NC2CCC3CC=CC2C3)c1Cl. The topological polar surface area (TPSA) is 46.9 Å². The predicted molar refractivity (Wildman–Crippen MR) is 79.1 cm³/mol. The Kier molecular flexibility index (Phi) is 4.16. The van der Waals surface area contributed by atoms with Gasteiger partial charge >= 0.3 is 6.18 Å². The molecular weight excluding hydrogens is 331 g/mol. The van der Waals surface area contributed by atoms with Crippen molar-refractivity contribution in [1.29, 1.82) is 0 Å². The quantitative estimate of drug-likeness (QED) is 0.831. The van der Waals surface area contributed by atoms with Crippen molar-refractivity contribution in [2.45, 2.75) is 37.9 Å². The highest BCUT2D eigenvalue weighted by atomic mass is 35.5. The van der Waals surface area contributed by atoms with Crippen molar-refractivity contribution >= 4 is 17.5 Å². The molecule has 2 aliphatic carbocycles. The van der Waals surface area contributed by atoms with Crippen LogP contribution in [0.2, 0.25) is 5.15 Å². The van der Waals surface area contributed by atoms with Crippen molar-refractivity contribution in [1.82, 2.24) is 15.1 Å². The van der Waals surface area contributed by atoms with Crippen molar-refractivity contribution in [2.75, 3.05) is 0 Å². The lowest BCUT2D eigenvalue weighted by molar-refractivity contribution is -0.141. The van der Waals surface area contributed by atoms with Gasteiger partial charge in [-0.25, -0.2) is 0 Å². The van der Waals surface area contributed by atoms with Crippen LogP contribution in [-0.4, -0.2) is 21.7 Å². The number of carbonyl (C=O) groups is 1. The normalized spacial score (nSPS) is 27.1. The lowest BCUT2D eigenvalue weighted by Gasteiger charge is -2.37. The highest BCUT2D eigenvalue weighted by Crippen LogP contribution is 2.37. The van der Waals surface area contributed by atoms with Crippen LogP contribution in [0.3, 0.4) is 0 Å². The molecule has 0 saturated heterocycles. The predicted octanol–water partition coefficient (Wildman–Crippen LogP) is 3.57. The van der Waals surface area contributed by atoms with E-state index in [0.717, 1.165) is 30.4 Å². The summed E-state index contributed by atoms with van der Waals surface area (Å²) in [6.45, 7) is 0. The third-order valence-corrected chi connectivity index (χ3v) is 5.08. The summed E-state index contributed by atoms with van der Waals surface area (Å²) in [5, 5.41) is 5.77. The Labute approximate surface area is 136 Å². The van der Waals surface area contributed by atoms with Crippen LogP contribution in [0, 0.1) is 11.8 Å². The molecule has 1 saturated carbocycles. The van der Waals surface area contributed by atoms with Gasteiger partial charge in [0.25, 0.3) is 5.91 Å². The highest BCUT2D eigenvalue weighted by Gasteiger charge is 2.42. The number of alkyl halides is 3. The lowest BCUT2D eigenvalue weighted by atomic mass is 9.73. The molecular formula is C15H17ClF3N3O. The molecule has 3 rings (SSSR count). The van der Waals surface area contributed by atoms with E-state index in [1.807, 2.05) is 0 Å². The van der Waals surface area contributed by atoms with Crippen LogP contribution in [0.15, 0.2) is 12.2 Å². The molecule has 0 aromatic carbocycles. The largest absolute Gasteiger partial charge is 0.436 e. The number of carbonyl (C=O) groups excluding carboxylic acids is 1. The number of halogens is 4. The first kappa shape index (κ1) is 16.4.